The number of ether oxygens (including phenoxy) is 10. The predicted molar refractivity (Wildman–Crippen MR) is 232 cm³/mol. The summed E-state index contributed by atoms with van der Waals surface area (Å²) in [4.78, 5) is 14.5. The van der Waals surface area contributed by atoms with Gasteiger partial charge in [-0.15, -0.1) is 0 Å². The summed E-state index contributed by atoms with van der Waals surface area (Å²) < 4.78 is 63.7. The number of rotatable bonds is 8. The molecule has 4 saturated heterocycles. The number of hydrogen-bond acceptors (Lipinski definition) is 14. The molecule has 0 saturated carbocycles. The van der Waals surface area contributed by atoms with Gasteiger partial charge < -0.3 is 62.7 Å². The number of fused-ring (bicyclic) bond motifs is 2. The molecule has 20 atom stereocenters. The fourth-order valence-corrected chi connectivity index (χ4v) is 10.9. The van der Waals surface area contributed by atoms with Gasteiger partial charge in [-0.05, 0) is 62.8 Å². The Morgan fingerprint density at radius 1 is 0.889 bits per heavy atom. The van der Waals surface area contributed by atoms with Crippen LogP contribution in [0.1, 0.15) is 93.9 Å². The van der Waals surface area contributed by atoms with Gasteiger partial charge in [-0.1, -0.05) is 70.6 Å². The number of esters is 1. The Kier molecular flexibility index (Phi) is 15.7. The van der Waals surface area contributed by atoms with E-state index in [9.17, 15) is 20.1 Å². The highest BCUT2D eigenvalue weighted by atomic mass is 16.7. The van der Waals surface area contributed by atoms with E-state index >= 15 is 0 Å². The molecule has 0 radical (unpaired) electrons. The lowest BCUT2D eigenvalue weighted by molar-refractivity contribution is -0.318. The van der Waals surface area contributed by atoms with Crippen molar-refractivity contribution in [1.29, 1.82) is 0 Å². The number of methoxy groups -OCH3 is 2. The molecule has 4 fully saturated rings. The molecule has 7 rings (SSSR count). The smallest absolute Gasteiger partial charge is 0.316 e. The molecule has 6 heterocycles. The van der Waals surface area contributed by atoms with Gasteiger partial charge in [0.15, 0.2) is 18.4 Å². The van der Waals surface area contributed by atoms with E-state index in [1.807, 2.05) is 32.1 Å². The highest BCUT2D eigenvalue weighted by molar-refractivity contribution is 5.78. The van der Waals surface area contributed by atoms with Crippen LogP contribution in [0.15, 0.2) is 59.3 Å². The van der Waals surface area contributed by atoms with Crippen molar-refractivity contribution >= 4 is 5.97 Å². The lowest BCUT2D eigenvalue weighted by atomic mass is 9.64. The number of hydrogen-bond donors (Lipinski definition) is 3. The van der Waals surface area contributed by atoms with Crippen LogP contribution in [0.2, 0.25) is 0 Å². The van der Waals surface area contributed by atoms with Gasteiger partial charge in [0.2, 0.25) is 0 Å². The van der Waals surface area contributed by atoms with Crippen LogP contribution in [0.3, 0.4) is 0 Å². The molecule has 14 nitrogen and oxygen atoms in total. The fraction of sp³-hybridized carbons (Fsp3) is 0.776. The lowest BCUT2D eigenvalue weighted by Gasteiger charge is -2.50. The van der Waals surface area contributed by atoms with Gasteiger partial charge in [0, 0.05) is 57.7 Å². The van der Waals surface area contributed by atoms with Gasteiger partial charge in [-0.2, -0.15) is 0 Å². The van der Waals surface area contributed by atoms with E-state index in [0.717, 1.165) is 12.0 Å². The van der Waals surface area contributed by atoms with Gasteiger partial charge in [0.1, 0.15) is 29.8 Å². The number of carbonyl (C=O) groups is 1. The molecular weight excluding hydrogens is 813 g/mol. The lowest BCUT2D eigenvalue weighted by Crippen LogP contribution is -2.61. The summed E-state index contributed by atoms with van der Waals surface area (Å²) >= 11 is 0. The highest BCUT2D eigenvalue weighted by Gasteiger charge is 2.58. The van der Waals surface area contributed by atoms with Crippen molar-refractivity contribution < 1.29 is 67.5 Å². The van der Waals surface area contributed by atoms with Crippen molar-refractivity contribution in [3.05, 3.63) is 59.3 Å². The summed E-state index contributed by atoms with van der Waals surface area (Å²) in [5.41, 5.74) is 0.277. The van der Waals surface area contributed by atoms with Crippen LogP contribution in [0, 0.1) is 29.6 Å². The monoisotopic (exact) mass is 887 g/mol. The van der Waals surface area contributed by atoms with Crippen molar-refractivity contribution in [1.82, 2.24) is 0 Å². The topological polar surface area (TPSA) is 170 Å². The molecule has 63 heavy (non-hydrogen) atoms. The molecule has 0 amide bonds. The molecule has 7 aliphatic rings. The molecule has 6 aliphatic heterocycles. The number of aliphatic hydroxyl groups is 3. The van der Waals surface area contributed by atoms with E-state index in [2.05, 4.69) is 39.8 Å². The van der Waals surface area contributed by atoms with Crippen LogP contribution >= 0.6 is 0 Å². The zero-order valence-corrected chi connectivity index (χ0v) is 38.9. The molecule has 3 N–H and O–H groups in total. The third-order valence-corrected chi connectivity index (χ3v) is 14.9. The van der Waals surface area contributed by atoms with E-state index in [-0.39, 0.29) is 49.3 Å². The van der Waals surface area contributed by atoms with Crippen LogP contribution in [-0.4, -0.2) is 140 Å². The molecule has 354 valence electrons. The molecule has 2 bridgehead atoms. The van der Waals surface area contributed by atoms with Crippen LogP contribution < -0.4 is 0 Å². The van der Waals surface area contributed by atoms with Crippen LogP contribution in [-0.2, 0) is 52.2 Å². The quantitative estimate of drug-likeness (QED) is 0.203. The van der Waals surface area contributed by atoms with Gasteiger partial charge >= 0.3 is 5.97 Å². The maximum absolute atomic E-state index is 14.5. The van der Waals surface area contributed by atoms with Gasteiger partial charge in [0.05, 0.1) is 62.0 Å². The second-order valence-corrected chi connectivity index (χ2v) is 19.3. The SMILES string of the molecule is CC[C@H](C)[C@@H]1O[C@]2(C=C[C@@H]1C)C[C@H]1C[C@@H](C/C=C(\C)[C@H](O[C@@H]3C[C@H](OC)[C@H](O[C@@H]4C[C@H](OC)[C@H](O)[C@H](C)O4)[C@H](C)O3)[C@H](C)/C=C/C=C3\COC[C@@H]4[C@H](O)C(C)=C[C@@H](C(=O)O1)[C@@]34O)O2. The van der Waals surface area contributed by atoms with Crippen molar-refractivity contribution in [2.45, 2.75) is 185 Å². The number of aliphatic hydroxyl groups excluding tert-OH is 2. The van der Waals surface area contributed by atoms with Gasteiger partial charge in [0.25, 0.3) is 0 Å². The Labute approximate surface area is 373 Å². The molecule has 0 aromatic heterocycles. The molecule has 0 aromatic rings. The minimum atomic E-state index is -1.75. The van der Waals surface area contributed by atoms with Crippen LogP contribution in [0.25, 0.3) is 0 Å². The van der Waals surface area contributed by atoms with Gasteiger partial charge in [-0.3, -0.25) is 4.79 Å². The third kappa shape index (κ3) is 10.2. The largest absolute Gasteiger partial charge is 0.462 e. The first-order valence-corrected chi connectivity index (χ1v) is 23.3. The Balaban J connectivity index is 1.19. The van der Waals surface area contributed by atoms with Crippen LogP contribution in [0.4, 0.5) is 0 Å². The molecule has 0 aromatic carbocycles. The average Bonchev–Trinajstić information content (AvgIpc) is 3.25. The minimum Gasteiger partial charge on any atom is -0.462 e. The average molecular weight is 887 g/mol. The number of carbonyl (C=O) groups excluding carboxylic acids is 1. The van der Waals surface area contributed by atoms with Crippen LogP contribution in [0.5, 0.6) is 0 Å². The Morgan fingerprint density at radius 3 is 2.33 bits per heavy atom. The normalized spacial score (nSPS) is 48.7. The summed E-state index contributed by atoms with van der Waals surface area (Å²) in [6.45, 7) is 16.3. The van der Waals surface area contributed by atoms with E-state index < -0.39 is 90.6 Å². The van der Waals surface area contributed by atoms with E-state index in [1.165, 1.54) is 0 Å². The Hall–Kier alpha value is -2.31. The summed E-state index contributed by atoms with van der Waals surface area (Å²) in [5.74, 6) is -3.28. The first-order valence-electron chi connectivity index (χ1n) is 23.3. The first-order chi connectivity index (χ1) is 30.0. The number of allylic oxidation sites excluding steroid dienone is 2. The first kappa shape index (κ1) is 48.6. The summed E-state index contributed by atoms with van der Waals surface area (Å²) in [5, 5.41) is 34.6. The van der Waals surface area contributed by atoms with Crippen molar-refractivity contribution in [3.63, 3.8) is 0 Å². The summed E-state index contributed by atoms with van der Waals surface area (Å²) in [6.07, 6.45) is 9.81. The molecule has 14 heteroatoms. The third-order valence-electron chi connectivity index (χ3n) is 14.9. The standard InChI is InChI=1S/C49H74O14/c1-11-26(2)45-29(5)17-18-48(63-45)23-35-20-34(62-48)16-15-28(4)44(60-41-22-39(55-10)46(32(8)58-41)61-40-21-38(54-9)43(51)31(7)57-40)27(3)13-12-14-33-24-56-25-37-42(50)30(6)19-36(47(52)59-35)49(33,37)53/h12-15,17-19,26-27,29,31-32,34-46,50-51,53H,11,16,20-25H2,1-10H3/b13-12+,28-15+,33-14+/t26-,27+,29-,31-,32-,34+,35+,36-,37+,38-,39-,40+,41+,42+,43+,44+,45-,46+,48+,49-/m0/s1. The predicted octanol–water partition coefficient (Wildman–Crippen LogP) is 5.63. The zero-order chi connectivity index (χ0) is 45.4. The second kappa shape index (κ2) is 20.3. The zero-order valence-electron chi connectivity index (χ0n) is 38.9. The van der Waals surface area contributed by atoms with E-state index in [4.69, 9.17) is 47.4 Å². The minimum absolute atomic E-state index is 0.0806. The van der Waals surface area contributed by atoms with Crippen molar-refractivity contribution in [3.8, 4) is 0 Å². The Bertz CT molecular complexity index is 1740. The molecule has 1 aliphatic carbocycles. The maximum atomic E-state index is 14.5. The molecule has 1 spiro atoms. The summed E-state index contributed by atoms with van der Waals surface area (Å²) in [6, 6.07) is 0. The van der Waals surface area contributed by atoms with Gasteiger partial charge in [-0.25, -0.2) is 0 Å². The van der Waals surface area contributed by atoms with E-state index in [0.29, 0.717) is 43.3 Å². The summed E-state index contributed by atoms with van der Waals surface area (Å²) in [7, 11) is 3.22. The van der Waals surface area contributed by atoms with Crippen molar-refractivity contribution in [2.75, 3.05) is 27.4 Å². The fourth-order valence-electron chi connectivity index (χ4n) is 10.9. The second-order valence-electron chi connectivity index (χ2n) is 19.3. The van der Waals surface area contributed by atoms with Crippen molar-refractivity contribution in [2.24, 2.45) is 29.6 Å². The molecular formula is C49H74O14. The highest BCUT2D eigenvalue weighted by Crippen LogP contribution is 2.47. The molecule has 0 unspecified atom stereocenters. The van der Waals surface area contributed by atoms with E-state index in [1.54, 1.807) is 40.2 Å². The maximum Gasteiger partial charge on any atom is 0.316 e. The Morgan fingerprint density at radius 2 is 1.60 bits per heavy atom.